The van der Waals surface area contributed by atoms with Crippen LogP contribution in [0.1, 0.15) is 31.7 Å². The molecule has 19 heavy (non-hydrogen) atoms. The summed E-state index contributed by atoms with van der Waals surface area (Å²) >= 11 is 0. The Balaban J connectivity index is 1.90. The number of nitrogens with one attached hydrogen (secondary N) is 1. The van der Waals surface area contributed by atoms with Gasteiger partial charge in [-0.1, -0.05) is 26.0 Å². The van der Waals surface area contributed by atoms with E-state index in [1.807, 2.05) is 23.1 Å². The maximum absolute atomic E-state index is 11.9. The molecule has 1 heterocycles. The van der Waals surface area contributed by atoms with Gasteiger partial charge in [-0.25, -0.2) is 0 Å². The average Bonchev–Trinajstić information content (AvgIpc) is 2.74. The van der Waals surface area contributed by atoms with Crippen molar-refractivity contribution in [3.63, 3.8) is 0 Å². The second-order valence-corrected chi connectivity index (χ2v) is 5.51. The summed E-state index contributed by atoms with van der Waals surface area (Å²) in [5.74, 6) is 0.431. The molecule has 1 aliphatic heterocycles. The highest BCUT2D eigenvalue weighted by Crippen LogP contribution is 2.18. The van der Waals surface area contributed by atoms with Gasteiger partial charge < -0.3 is 10.4 Å². The third kappa shape index (κ3) is 4.04. The van der Waals surface area contributed by atoms with Crippen molar-refractivity contribution in [3.05, 3.63) is 29.8 Å². The topological polar surface area (TPSA) is 52.6 Å². The molecular formula is C15H22N2O2. The van der Waals surface area contributed by atoms with Gasteiger partial charge >= 0.3 is 0 Å². The van der Waals surface area contributed by atoms with Crippen molar-refractivity contribution in [1.29, 1.82) is 0 Å². The van der Waals surface area contributed by atoms with Crippen LogP contribution >= 0.6 is 0 Å². The fraction of sp³-hybridized carbons (Fsp3) is 0.533. The Morgan fingerprint density at radius 3 is 2.95 bits per heavy atom. The van der Waals surface area contributed by atoms with Gasteiger partial charge in [0.2, 0.25) is 5.91 Å². The molecule has 1 amide bonds. The van der Waals surface area contributed by atoms with E-state index in [1.165, 1.54) is 5.56 Å². The van der Waals surface area contributed by atoms with E-state index in [0.29, 0.717) is 19.0 Å². The highest BCUT2D eigenvalue weighted by atomic mass is 16.3. The Kier molecular flexibility index (Phi) is 4.56. The molecule has 2 rings (SSSR count). The zero-order valence-corrected chi connectivity index (χ0v) is 11.6. The summed E-state index contributed by atoms with van der Waals surface area (Å²) in [6.07, 6.45) is 0.480. The van der Waals surface area contributed by atoms with E-state index in [2.05, 4.69) is 25.2 Å². The predicted molar refractivity (Wildman–Crippen MR) is 76.2 cm³/mol. The van der Waals surface area contributed by atoms with Crippen LogP contribution in [0.2, 0.25) is 0 Å². The van der Waals surface area contributed by atoms with E-state index in [9.17, 15) is 9.90 Å². The number of aliphatic hydroxyl groups is 1. The molecule has 0 radical (unpaired) electrons. The molecule has 1 aromatic carbocycles. The van der Waals surface area contributed by atoms with E-state index >= 15 is 0 Å². The smallest absolute Gasteiger partial charge is 0.238 e. The minimum atomic E-state index is -0.280. The lowest BCUT2D eigenvalue weighted by Crippen LogP contribution is -2.32. The van der Waals surface area contributed by atoms with Crippen LogP contribution in [-0.4, -0.2) is 41.7 Å². The molecule has 1 atom stereocenters. The summed E-state index contributed by atoms with van der Waals surface area (Å²) in [4.78, 5) is 13.9. The Labute approximate surface area is 114 Å². The van der Waals surface area contributed by atoms with E-state index in [1.54, 1.807) is 0 Å². The summed E-state index contributed by atoms with van der Waals surface area (Å²) in [6, 6.07) is 7.95. The molecule has 1 fully saturated rings. The van der Waals surface area contributed by atoms with Crippen LogP contribution in [0.3, 0.4) is 0 Å². The number of carbonyl (C=O) groups is 1. The Bertz CT molecular complexity index is 446. The lowest BCUT2D eigenvalue weighted by molar-refractivity contribution is -0.117. The first-order valence-corrected chi connectivity index (χ1v) is 6.85. The van der Waals surface area contributed by atoms with Crippen LogP contribution in [0.4, 0.5) is 5.69 Å². The zero-order chi connectivity index (χ0) is 13.8. The summed E-state index contributed by atoms with van der Waals surface area (Å²) in [6.45, 7) is 6.00. The minimum absolute atomic E-state index is 0.0185. The minimum Gasteiger partial charge on any atom is -0.392 e. The number of amides is 1. The third-order valence-corrected chi connectivity index (χ3v) is 3.45. The first kappa shape index (κ1) is 14.0. The van der Waals surface area contributed by atoms with Crippen LogP contribution < -0.4 is 5.32 Å². The van der Waals surface area contributed by atoms with Gasteiger partial charge in [-0.15, -0.1) is 0 Å². The highest BCUT2D eigenvalue weighted by molar-refractivity contribution is 5.92. The van der Waals surface area contributed by atoms with Crippen molar-refractivity contribution >= 4 is 11.6 Å². The molecule has 0 bridgehead atoms. The zero-order valence-electron chi connectivity index (χ0n) is 11.6. The van der Waals surface area contributed by atoms with Crippen molar-refractivity contribution in [1.82, 2.24) is 4.90 Å². The van der Waals surface area contributed by atoms with E-state index in [4.69, 9.17) is 0 Å². The number of aliphatic hydroxyl groups excluding tert-OH is 1. The molecule has 1 unspecified atom stereocenters. The molecule has 0 saturated carbocycles. The number of hydrogen-bond donors (Lipinski definition) is 2. The lowest BCUT2D eigenvalue weighted by Gasteiger charge is -2.15. The van der Waals surface area contributed by atoms with Crippen molar-refractivity contribution < 1.29 is 9.90 Å². The average molecular weight is 262 g/mol. The van der Waals surface area contributed by atoms with Gasteiger partial charge in [-0.3, -0.25) is 9.69 Å². The van der Waals surface area contributed by atoms with E-state index < -0.39 is 0 Å². The van der Waals surface area contributed by atoms with Gasteiger partial charge in [0.25, 0.3) is 0 Å². The third-order valence-electron chi connectivity index (χ3n) is 3.45. The standard InChI is InChI=1S/C15H22N2O2/c1-11(2)12-4-3-5-13(8-12)16-15(19)10-17-7-6-14(18)9-17/h3-5,8,11,14,18H,6-7,9-10H2,1-2H3,(H,16,19). The van der Waals surface area contributed by atoms with Crippen LogP contribution in [0, 0.1) is 0 Å². The molecular weight excluding hydrogens is 240 g/mol. The molecule has 4 nitrogen and oxygen atoms in total. The van der Waals surface area contributed by atoms with Crippen molar-refractivity contribution in [3.8, 4) is 0 Å². The number of anilines is 1. The van der Waals surface area contributed by atoms with Gasteiger partial charge in [0.15, 0.2) is 0 Å². The molecule has 104 valence electrons. The molecule has 0 aliphatic carbocycles. The number of benzene rings is 1. The van der Waals surface area contributed by atoms with Crippen LogP contribution in [0.25, 0.3) is 0 Å². The van der Waals surface area contributed by atoms with Crippen molar-refractivity contribution in [2.75, 3.05) is 25.0 Å². The van der Waals surface area contributed by atoms with E-state index in [0.717, 1.165) is 18.7 Å². The number of nitrogens with zero attached hydrogens (tertiary/aromatic N) is 1. The van der Waals surface area contributed by atoms with Gasteiger partial charge in [0.1, 0.15) is 0 Å². The Hall–Kier alpha value is -1.39. The van der Waals surface area contributed by atoms with Gasteiger partial charge in [-0.05, 0) is 30.0 Å². The predicted octanol–water partition coefficient (Wildman–Crippen LogP) is 1.82. The molecule has 0 spiro atoms. The fourth-order valence-electron chi connectivity index (χ4n) is 2.33. The number of hydrogen-bond acceptors (Lipinski definition) is 3. The van der Waals surface area contributed by atoms with E-state index in [-0.39, 0.29) is 12.0 Å². The second kappa shape index (κ2) is 6.17. The number of β-amino-alcohol motifs (C(OH)–C–C–N with tert-alkyl or cyclic N) is 1. The van der Waals surface area contributed by atoms with Gasteiger partial charge in [0.05, 0.1) is 12.6 Å². The second-order valence-electron chi connectivity index (χ2n) is 5.51. The highest BCUT2D eigenvalue weighted by Gasteiger charge is 2.21. The number of likely N-dealkylation sites (tertiary alicyclic amines) is 1. The normalized spacial score (nSPS) is 19.9. The van der Waals surface area contributed by atoms with Crippen molar-refractivity contribution in [2.45, 2.75) is 32.3 Å². The molecule has 1 aliphatic rings. The quantitative estimate of drug-likeness (QED) is 0.870. The monoisotopic (exact) mass is 262 g/mol. The molecule has 2 N–H and O–H groups in total. The SMILES string of the molecule is CC(C)c1cccc(NC(=O)CN2CCC(O)C2)c1. The molecule has 1 saturated heterocycles. The summed E-state index contributed by atoms with van der Waals surface area (Å²) < 4.78 is 0. The summed E-state index contributed by atoms with van der Waals surface area (Å²) in [5, 5.41) is 12.3. The first-order valence-electron chi connectivity index (χ1n) is 6.85. The maximum Gasteiger partial charge on any atom is 0.238 e. The lowest BCUT2D eigenvalue weighted by atomic mass is 10.0. The van der Waals surface area contributed by atoms with Gasteiger partial charge in [0, 0.05) is 18.8 Å². The van der Waals surface area contributed by atoms with Gasteiger partial charge in [-0.2, -0.15) is 0 Å². The number of carbonyl (C=O) groups excluding carboxylic acids is 1. The Morgan fingerprint density at radius 2 is 2.32 bits per heavy atom. The molecule has 1 aromatic rings. The first-order chi connectivity index (χ1) is 9.04. The Morgan fingerprint density at radius 1 is 1.53 bits per heavy atom. The molecule has 4 heteroatoms. The van der Waals surface area contributed by atoms with Crippen LogP contribution in [-0.2, 0) is 4.79 Å². The molecule has 0 aromatic heterocycles. The summed E-state index contributed by atoms with van der Waals surface area (Å²) in [5.41, 5.74) is 2.06. The largest absolute Gasteiger partial charge is 0.392 e. The maximum atomic E-state index is 11.9. The summed E-state index contributed by atoms with van der Waals surface area (Å²) in [7, 11) is 0. The van der Waals surface area contributed by atoms with Crippen LogP contribution in [0.5, 0.6) is 0 Å². The van der Waals surface area contributed by atoms with Crippen molar-refractivity contribution in [2.24, 2.45) is 0 Å². The van der Waals surface area contributed by atoms with Crippen LogP contribution in [0.15, 0.2) is 24.3 Å². The number of rotatable bonds is 4. The fourth-order valence-corrected chi connectivity index (χ4v) is 2.33.